The van der Waals surface area contributed by atoms with Crippen LogP contribution in [0.25, 0.3) is 10.9 Å². The van der Waals surface area contributed by atoms with Gasteiger partial charge in [-0.15, -0.1) is 0 Å². The molecule has 2 aromatic rings. The van der Waals surface area contributed by atoms with Crippen LogP contribution < -0.4 is 9.46 Å². The second-order valence-electron chi connectivity index (χ2n) is 19.8. The number of Topliss-reactive ketones (excluding diaryl/α,β-unsaturated/α-hetero) is 1. The third kappa shape index (κ3) is 9.27. The van der Waals surface area contributed by atoms with Crippen LogP contribution in [0.15, 0.2) is 36.4 Å². The number of likely N-dealkylation sites (N-methyl/N-ethyl adjacent to an activating group) is 1. The molecule has 2 amide bonds. The molecule has 0 bridgehead atoms. The van der Waals surface area contributed by atoms with Crippen LogP contribution in [0.4, 0.5) is 0 Å². The number of fused-ring (bicyclic) bond motifs is 5. The first kappa shape index (κ1) is 45.1. The zero-order valence-corrected chi connectivity index (χ0v) is 38.3. The Morgan fingerprint density at radius 2 is 1.79 bits per heavy atom. The van der Waals surface area contributed by atoms with Crippen molar-refractivity contribution in [3.63, 3.8) is 0 Å². The summed E-state index contributed by atoms with van der Waals surface area (Å²) >= 11 is 0. The van der Waals surface area contributed by atoms with E-state index in [2.05, 4.69) is 4.72 Å². The van der Waals surface area contributed by atoms with Gasteiger partial charge in [0, 0.05) is 42.2 Å². The number of ether oxygens (including phenoxy) is 2. The van der Waals surface area contributed by atoms with Crippen LogP contribution >= 0.6 is 0 Å². The summed E-state index contributed by atoms with van der Waals surface area (Å²) in [5, 5.41) is 0.976. The lowest BCUT2D eigenvalue weighted by Crippen LogP contribution is -2.48. The normalized spacial score (nSPS) is 29.0. The molecule has 3 fully saturated rings. The maximum atomic E-state index is 15.1. The molecule has 1 spiro atoms. The molecular weight excluding hydrogens is 821 g/mol. The highest BCUT2D eigenvalue weighted by Crippen LogP contribution is 2.58. The minimum absolute atomic E-state index is 0.0648. The Balaban J connectivity index is 1.21. The Morgan fingerprint density at radius 3 is 2.48 bits per heavy atom. The molecule has 14 nitrogen and oxygen atoms in total. The van der Waals surface area contributed by atoms with Crippen LogP contribution in [-0.4, -0.2) is 103 Å². The van der Waals surface area contributed by atoms with E-state index in [-0.39, 0.29) is 44.1 Å². The highest BCUT2D eigenvalue weighted by atomic mass is 32.2. The van der Waals surface area contributed by atoms with Crippen molar-refractivity contribution in [2.24, 2.45) is 22.7 Å². The average molecular weight is 883 g/mol. The van der Waals surface area contributed by atoms with Crippen LogP contribution in [0.5, 0.6) is 5.75 Å². The fourth-order valence-corrected chi connectivity index (χ4v) is 11.1. The molecule has 7 rings (SSSR count). The first-order chi connectivity index (χ1) is 28.5. The van der Waals surface area contributed by atoms with Crippen molar-refractivity contribution >= 4 is 54.5 Å². The van der Waals surface area contributed by atoms with Gasteiger partial charge in [0.15, 0.2) is 5.78 Å². The fourth-order valence-electron chi connectivity index (χ4n) is 9.38. The highest BCUT2D eigenvalue weighted by Gasteiger charge is 2.63. The van der Waals surface area contributed by atoms with Crippen molar-refractivity contribution < 1.29 is 45.5 Å². The lowest BCUT2D eigenvalue weighted by Gasteiger charge is -2.37. The minimum atomic E-state index is -3.98. The van der Waals surface area contributed by atoms with E-state index in [0.29, 0.717) is 62.8 Å². The molecule has 334 valence electrons. The Kier molecular flexibility index (Phi) is 12.1. The van der Waals surface area contributed by atoms with Crippen LogP contribution in [0.1, 0.15) is 116 Å². The average Bonchev–Trinajstić information content (AvgIpc) is 4.07. The number of amides is 2. The van der Waals surface area contributed by atoms with E-state index in [1.165, 1.54) is 7.05 Å². The number of aryl methyl sites for hydroxylation is 2. The number of ketones is 1. The zero-order chi connectivity index (χ0) is 44.3. The molecular formula is C45H62N4O10S2. The second kappa shape index (κ2) is 16.3. The topological polar surface area (TPSA) is 186 Å². The van der Waals surface area contributed by atoms with Gasteiger partial charge in [0.25, 0.3) is 0 Å². The Bertz CT molecular complexity index is 2350. The molecule has 1 saturated heterocycles. The Morgan fingerprint density at radius 1 is 1.07 bits per heavy atom. The van der Waals surface area contributed by atoms with Gasteiger partial charge in [0.05, 0.1) is 53.2 Å². The van der Waals surface area contributed by atoms with E-state index in [0.717, 1.165) is 39.9 Å². The lowest BCUT2D eigenvalue weighted by atomic mass is 9.85. The number of rotatable bonds is 9. The van der Waals surface area contributed by atoms with Gasteiger partial charge in [0.2, 0.25) is 31.9 Å². The quantitative estimate of drug-likeness (QED) is 0.246. The van der Waals surface area contributed by atoms with Gasteiger partial charge in [-0.05, 0) is 77.2 Å². The van der Waals surface area contributed by atoms with Crippen molar-refractivity contribution in [2.75, 3.05) is 26.4 Å². The maximum absolute atomic E-state index is 15.1. The van der Waals surface area contributed by atoms with E-state index in [9.17, 15) is 31.2 Å². The number of hydrogen-bond donors (Lipinski definition) is 1. The van der Waals surface area contributed by atoms with Crippen molar-refractivity contribution in [2.45, 2.75) is 141 Å². The van der Waals surface area contributed by atoms with Gasteiger partial charge >= 0.3 is 5.97 Å². The van der Waals surface area contributed by atoms with E-state index in [4.69, 9.17) is 14.5 Å². The third-order valence-corrected chi connectivity index (χ3v) is 17.5. The number of aromatic nitrogens is 1. The van der Waals surface area contributed by atoms with Crippen LogP contribution in [0.2, 0.25) is 0 Å². The maximum Gasteiger partial charge on any atom is 0.306 e. The molecule has 16 heteroatoms. The largest absolute Gasteiger partial charge is 0.483 e. The summed E-state index contributed by atoms with van der Waals surface area (Å²) in [6.45, 7) is 9.06. The molecule has 1 aromatic heterocycles. The first-order valence-electron chi connectivity index (χ1n) is 21.7. The molecule has 61 heavy (non-hydrogen) atoms. The van der Waals surface area contributed by atoms with Gasteiger partial charge in [-0.2, -0.15) is 0 Å². The standard InChI is InChI=1S/C45H62N4O10S2/c1-29-39-33(32-17-13-14-18-34(32)46-29)19-20-44(59-39)25-35-36(50)26-45(41(53)47-61(56,57)43(5)21-22-43)24-31(45)16-12-10-8-9-11-15-30(40(52)49(35)28-44)23-38(51)58-37(42(2,3)4)27-48(6)60(7,54)55/h12-14,16-18,30-31,35,37H,8-11,15,19-28H2,1-7H3,(H,47,53)/b16-12-/t30-,31-,35+,37?,44-,45-/m1/s1. The molecule has 0 radical (unpaired) electrons. The summed E-state index contributed by atoms with van der Waals surface area (Å²) in [6.07, 6.45) is 9.35. The SMILES string of the molecule is Cc1nc2ccccc2c2c1O[C@]1(CC2)C[C@H]2C(=O)C[C@]3(C(=O)NS(=O)(=O)C4(C)CC4)C[C@H]3/C=C\CCCCC[C@H](CC(=O)OC(CN(C)S(C)(=O)=O)C(C)(C)C)C(=O)N2C1. The number of para-hydroxylation sites is 1. The molecule has 2 saturated carbocycles. The summed E-state index contributed by atoms with van der Waals surface area (Å²) in [5.41, 5.74) is -0.328. The minimum Gasteiger partial charge on any atom is -0.483 e. The number of hydrogen-bond acceptors (Lipinski definition) is 11. The molecule has 6 atom stereocenters. The van der Waals surface area contributed by atoms with E-state index < -0.39 is 77.1 Å². The molecule has 1 aromatic carbocycles. The summed E-state index contributed by atoms with van der Waals surface area (Å²) in [7, 11) is -6.12. The predicted octanol–water partition coefficient (Wildman–Crippen LogP) is 5.55. The monoisotopic (exact) mass is 882 g/mol. The van der Waals surface area contributed by atoms with Gasteiger partial charge < -0.3 is 14.4 Å². The van der Waals surface area contributed by atoms with Crippen LogP contribution in [0, 0.1) is 29.6 Å². The molecule has 3 aliphatic heterocycles. The van der Waals surface area contributed by atoms with Crippen molar-refractivity contribution in [1.29, 1.82) is 0 Å². The molecule has 1 N–H and O–H groups in total. The van der Waals surface area contributed by atoms with Crippen molar-refractivity contribution in [3.05, 3.63) is 47.7 Å². The highest BCUT2D eigenvalue weighted by molar-refractivity contribution is 7.91. The number of esters is 1. The number of nitrogens with one attached hydrogen (secondary N) is 1. The molecule has 5 aliphatic rings. The fraction of sp³-hybridized carbons (Fsp3) is 0.667. The van der Waals surface area contributed by atoms with Crippen LogP contribution in [-0.2, 0) is 50.4 Å². The smallest absolute Gasteiger partial charge is 0.306 e. The van der Waals surface area contributed by atoms with Gasteiger partial charge in [-0.25, -0.2) is 26.1 Å². The first-order valence-corrected chi connectivity index (χ1v) is 25.1. The van der Waals surface area contributed by atoms with E-state index in [1.807, 2.05) is 64.1 Å². The number of carbonyl (C=O) groups is 4. The zero-order valence-electron chi connectivity index (χ0n) is 36.6. The number of sulfonamides is 2. The number of allylic oxidation sites excluding steroid dienone is 2. The predicted molar refractivity (Wildman–Crippen MR) is 230 cm³/mol. The van der Waals surface area contributed by atoms with Crippen molar-refractivity contribution in [3.8, 4) is 5.75 Å². The van der Waals surface area contributed by atoms with Gasteiger partial charge in [-0.1, -0.05) is 64.0 Å². The number of carbonyl (C=O) groups excluding carboxylic acids is 4. The Labute approximate surface area is 360 Å². The van der Waals surface area contributed by atoms with Crippen LogP contribution in [0.3, 0.4) is 0 Å². The van der Waals surface area contributed by atoms with Crippen molar-refractivity contribution in [1.82, 2.24) is 18.9 Å². The molecule has 4 heterocycles. The summed E-state index contributed by atoms with van der Waals surface area (Å²) in [6, 6.07) is 6.84. The lowest BCUT2D eigenvalue weighted by molar-refractivity contribution is -0.159. The number of nitrogens with zero attached hydrogens (tertiary/aromatic N) is 3. The van der Waals surface area contributed by atoms with Gasteiger partial charge in [-0.3, -0.25) is 23.9 Å². The molecule has 1 unspecified atom stereocenters. The Hall–Kier alpha value is -3.89. The number of benzene rings is 1. The summed E-state index contributed by atoms with van der Waals surface area (Å²) in [5.74, 6) is -2.65. The van der Waals surface area contributed by atoms with E-state index in [1.54, 1.807) is 11.8 Å². The number of pyridine rings is 1. The summed E-state index contributed by atoms with van der Waals surface area (Å²) < 4.78 is 66.7. The second-order valence-corrected chi connectivity index (χ2v) is 24.1. The van der Waals surface area contributed by atoms with Gasteiger partial charge in [0.1, 0.15) is 17.5 Å². The van der Waals surface area contributed by atoms with E-state index >= 15 is 4.79 Å². The summed E-state index contributed by atoms with van der Waals surface area (Å²) in [4.78, 5) is 64.4. The molecule has 2 aliphatic carbocycles. The third-order valence-electron chi connectivity index (χ3n) is 14.0.